The van der Waals surface area contributed by atoms with Crippen LogP contribution in [0.4, 0.5) is 0 Å². The van der Waals surface area contributed by atoms with Crippen LogP contribution in [-0.4, -0.2) is 22.5 Å². The fourth-order valence-corrected chi connectivity index (χ4v) is 5.20. The molecule has 1 aromatic heterocycles. The van der Waals surface area contributed by atoms with Crippen LogP contribution in [0.15, 0.2) is 90.2 Å². The average Bonchev–Trinajstić information content (AvgIpc) is 3.31. The third kappa shape index (κ3) is 6.77. The van der Waals surface area contributed by atoms with Crippen molar-refractivity contribution in [1.29, 1.82) is 0 Å². The zero-order chi connectivity index (χ0) is 25.3. The van der Waals surface area contributed by atoms with Gasteiger partial charge in [-0.25, -0.2) is 0 Å². The SMILES string of the molecule is S=C(NCc1ccccc1)N/N=C\c1cn(CCOc2ccc(C3CCCCC3)cc2)c2ccccc12. The maximum Gasteiger partial charge on any atom is 0.187 e. The van der Waals surface area contributed by atoms with Crippen LogP contribution in [0.2, 0.25) is 0 Å². The van der Waals surface area contributed by atoms with E-state index in [0.29, 0.717) is 18.3 Å². The van der Waals surface area contributed by atoms with Crippen LogP contribution in [0.25, 0.3) is 10.9 Å². The maximum atomic E-state index is 6.09. The summed E-state index contributed by atoms with van der Waals surface area (Å²) in [5, 5.41) is 9.19. The number of rotatable bonds is 9. The molecule has 37 heavy (non-hydrogen) atoms. The van der Waals surface area contributed by atoms with Crippen molar-refractivity contribution in [3.63, 3.8) is 0 Å². The molecule has 0 atom stereocenters. The number of hydrazone groups is 1. The molecule has 5 nitrogen and oxygen atoms in total. The fourth-order valence-electron chi connectivity index (χ4n) is 5.08. The van der Waals surface area contributed by atoms with E-state index in [9.17, 15) is 0 Å². The third-order valence-electron chi connectivity index (χ3n) is 7.04. The predicted molar refractivity (Wildman–Crippen MR) is 156 cm³/mol. The van der Waals surface area contributed by atoms with Crippen LogP contribution in [0.3, 0.4) is 0 Å². The van der Waals surface area contributed by atoms with Gasteiger partial charge in [0, 0.05) is 29.2 Å². The number of ether oxygens (including phenoxy) is 1. The third-order valence-corrected chi connectivity index (χ3v) is 7.28. The Morgan fingerprint density at radius 2 is 1.70 bits per heavy atom. The van der Waals surface area contributed by atoms with E-state index in [1.807, 2.05) is 30.5 Å². The monoisotopic (exact) mass is 510 g/mol. The number of hydrogen-bond acceptors (Lipinski definition) is 3. The summed E-state index contributed by atoms with van der Waals surface area (Å²) in [5.41, 5.74) is 7.74. The van der Waals surface area contributed by atoms with Gasteiger partial charge in [-0.2, -0.15) is 5.10 Å². The predicted octanol–water partition coefficient (Wildman–Crippen LogP) is 6.77. The van der Waals surface area contributed by atoms with Crippen LogP contribution in [0.1, 0.15) is 54.7 Å². The highest BCUT2D eigenvalue weighted by Gasteiger charge is 2.15. The summed E-state index contributed by atoms with van der Waals surface area (Å²) in [6, 6.07) is 27.2. The number of para-hydroxylation sites is 1. The molecule has 1 heterocycles. The number of nitrogens with zero attached hydrogens (tertiary/aromatic N) is 2. The van der Waals surface area contributed by atoms with E-state index < -0.39 is 0 Å². The Labute approximate surface area is 224 Å². The summed E-state index contributed by atoms with van der Waals surface area (Å²) in [6.07, 6.45) is 10.7. The zero-order valence-electron chi connectivity index (χ0n) is 21.1. The van der Waals surface area contributed by atoms with Crippen LogP contribution >= 0.6 is 12.2 Å². The Balaban J connectivity index is 1.15. The van der Waals surface area contributed by atoms with Crippen molar-refractivity contribution in [2.24, 2.45) is 5.10 Å². The Morgan fingerprint density at radius 3 is 2.51 bits per heavy atom. The number of hydrogen-bond donors (Lipinski definition) is 2. The van der Waals surface area contributed by atoms with Gasteiger partial charge in [-0.3, -0.25) is 5.43 Å². The number of aromatic nitrogens is 1. The van der Waals surface area contributed by atoms with Crippen molar-refractivity contribution in [1.82, 2.24) is 15.3 Å². The lowest BCUT2D eigenvalue weighted by Crippen LogP contribution is -2.31. The first-order valence-electron chi connectivity index (χ1n) is 13.2. The van der Waals surface area contributed by atoms with Gasteiger partial charge < -0.3 is 14.6 Å². The molecule has 1 saturated carbocycles. The molecule has 0 unspecified atom stereocenters. The standard InChI is InChI=1S/C31H34N4OS/c37-31(32-21-24-9-3-1-4-10-24)34-33-22-27-23-35(30-14-8-7-13-29(27)30)19-20-36-28-17-15-26(16-18-28)25-11-5-2-6-12-25/h1,3-4,7-10,13-18,22-23,25H,2,5-6,11-12,19-21H2,(H2,32,34,37)/b33-22-. The summed E-state index contributed by atoms with van der Waals surface area (Å²) in [4.78, 5) is 0. The number of benzene rings is 3. The van der Waals surface area contributed by atoms with Gasteiger partial charge in [0.1, 0.15) is 12.4 Å². The van der Waals surface area contributed by atoms with Crippen molar-refractivity contribution < 1.29 is 4.74 Å². The molecule has 5 rings (SSSR count). The molecule has 0 amide bonds. The molecule has 0 aliphatic heterocycles. The molecule has 0 bridgehead atoms. The Hall–Kier alpha value is -3.64. The van der Waals surface area contributed by atoms with E-state index in [1.165, 1.54) is 43.2 Å². The molecule has 6 heteroatoms. The van der Waals surface area contributed by atoms with E-state index in [4.69, 9.17) is 17.0 Å². The molecule has 1 fully saturated rings. The lowest BCUT2D eigenvalue weighted by atomic mass is 9.84. The second-order valence-corrected chi connectivity index (χ2v) is 9.99. The van der Waals surface area contributed by atoms with E-state index in [0.717, 1.165) is 34.7 Å². The quantitative estimate of drug-likeness (QED) is 0.148. The van der Waals surface area contributed by atoms with Crippen LogP contribution in [-0.2, 0) is 13.1 Å². The van der Waals surface area contributed by atoms with Crippen molar-refractivity contribution in [2.75, 3.05) is 6.61 Å². The molecule has 0 saturated heterocycles. The summed E-state index contributed by atoms with van der Waals surface area (Å²) in [7, 11) is 0. The fraction of sp³-hybridized carbons (Fsp3) is 0.290. The second-order valence-electron chi connectivity index (χ2n) is 9.59. The van der Waals surface area contributed by atoms with Gasteiger partial charge in [-0.15, -0.1) is 0 Å². The van der Waals surface area contributed by atoms with E-state index in [2.05, 4.69) is 81.2 Å². The number of thiocarbonyl (C=S) groups is 1. The Morgan fingerprint density at radius 1 is 0.946 bits per heavy atom. The van der Waals surface area contributed by atoms with Gasteiger partial charge in [-0.1, -0.05) is 79.9 Å². The van der Waals surface area contributed by atoms with Gasteiger partial charge in [0.05, 0.1) is 12.8 Å². The molecule has 1 aliphatic rings. The molecule has 1 aliphatic carbocycles. The first-order chi connectivity index (χ1) is 18.3. The van der Waals surface area contributed by atoms with Crippen molar-refractivity contribution in [3.8, 4) is 5.75 Å². The van der Waals surface area contributed by atoms with E-state index >= 15 is 0 Å². The highest BCUT2D eigenvalue weighted by Crippen LogP contribution is 2.33. The molecular formula is C31H34N4OS. The van der Waals surface area contributed by atoms with E-state index in [-0.39, 0.29) is 0 Å². The highest BCUT2D eigenvalue weighted by molar-refractivity contribution is 7.80. The second kappa shape index (κ2) is 12.5. The minimum atomic E-state index is 0.492. The van der Waals surface area contributed by atoms with Crippen molar-refractivity contribution >= 4 is 34.4 Å². The Bertz CT molecular complexity index is 1320. The normalized spacial score (nSPS) is 14.2. The zero-order valence-corrected chi connectivity index (χ0v) is 21.9. The van der Waals surface area contributed by atoms with E-state index in [1.54, 1.807) is 0 Å². The van der Waals surface area contributed by atoms with Crippen LogP contribution in [0.5, 0.6) is 5.75 Å². The lowest BCUT2D eigenvalue weighted by molar-refractivity contribution is 0.300. The summed E-state index contributed by atoms with van der Waals surface area (Å²) in [5.74, 6) is 1.65. The van der Waals surface area contributed by atoms with Gasteiger partial charge >= 0.3 is 0 Å². The minimum absolute atomic E-state index is 0.492. The largest absolute Gasteiger partial charge is 0.492 e. The number of fused-ring (bicyclic) bond motifs is 1. The van der Waals surface area contributed by atoms with Gasteiger partial charge in [-0.05, 0) is 60.3 Å². The topological polar surface area (TPSA) is 50.6 Å². The summed E-state index contributed by atoms with van der Waals surface area (Å²) in [6.45, 7) is 2.01. The molecular weight excluding hydrogens is 476 g/mol. The number of nitrogens with one attached hydrogen (secondary N) is 2. The van der Waals surface area contributed by atoms with Gasteiger partial charge in [0.25, 0.3) is 0 Å². The maximum absolute atomic E-state index is 6.09. The lowest BCUT2D eigenvalue weighted by Gasteiger charge is -2.22. The molecule has 0 spiro atoms. The van der Waals surface area contributed by atoms with Gasteiger partial charge in [0.2, 0.25) is 0 Å². The first kappa shape index (κ1) is 25.0. The van der Waals surface area contributed by atoms with Gasteiger partial charge in [0.15, 0.2) is 5.11 Å². The molecule has 3 aromatic carbocycles. The summed E-state index contributed by atoms with van der Waals surface area (Å²) >= 11 is 5.36. The van der Waals surface area contributed by atoms with Crippen molar-refractivity contribution in [2.45, 2.75) is 51.1 Å². The van der Waals surface area contributed by atoms with Crippen molar-refractivity contribution in [3.05, 3.63) is 102 Å². The minimum Gasteiger partial charge on any atom is -0.492 e. The highest BCUT2D eigenvalue weighted by atomic mass is 32.1. The molecule has 0 radical (unpaired) electrons. The molecule has 2 N–H and O–H groups in total. The molecule has 4 aromatic rings. The smallest absolute Gasteiger partial charge is 0.187 e. The first-order valence-corrected chi connectivity index (χ1v) is 13.6. The Kier molecular flexibility index (Phi) is 8.49. The van der Waals surface area contributed by atoms with Crippen LogP contribution < -0.4 is 15.5 Å². The average molecular weight is 511 g/mol. The van der Waals surface area contributed by atoms with Crippen LogP contribution in [0, 0.1) is 0 Å². The molecule has 190 valence electrons. The summed E-state index contributed by atoms with van der Waals surface area (Å²) < 4.78 is 8.32.